The summed E-state index contributed by atoms with van der Waals surface area (Å²) in [5.41, 5.74) is 1.14. The van der Waals surface area contributed by atoms with Crippen LogP contribution in [0.15, 0.2) is 16.8 Å². The van der Waals surface area contributed by atoms with Crippen molar-refractivity contribution in [2.24, 2.45) is 5.92 Å². The summed E-state index contributed by atoms with van der Waals surface area (Å²) in [5.74, 6) is 0.422. The number of carbonyl (C=O) groups excluding carboxylic acids is 1. The van der Waals surface area contributed by atoms with Gasteiger partial charge in [-0.1, -0.05) is 19.3 Å². The molecule has 4 heteroatoms. The van der Waals surface area contributed by atoms with Gasteiger partial charge in [-0.3, -0.25) is 4.79 Å². The first kappa shape index (κ1) is 13.6. The Labute approximate surface area is 113 Å². The first-order valence-corrected chi connectivity index (χ1v) is 7.58. The molecule has 0 aliphatic heterocycles. The number of ether oxygens (including phenoxy) is 1. The largest absolute Gasteiger partial charge is 0.375 e. The molecule has 1 aliphatic rings. The predicted octanol–water partition coefficient (Wildman–Crippen LogP) is 3.13. The fourth-order valence-corrected chi connectivity index (χ4v) is 3.20. The van der Waals surface area contributed by atoms with E-state index in [-0.39, 0.29) is 17.9 Å². The minimum absolute atomic E-state index is 0.0243. The monoisotopic (exact) mass is 267 g/mol. The van der Waals surface area contributed by atoms with E-state index in [0.717, 1.165) is 18.4 Å². The lowest BCUT2D eigenvalue weighted by Gasteiger charge is -2.22. The van der Waals surface area contributed by atoms with Crippen molar-refractivity contribution in [3.05, 3.63) is 22.4 Å². The zero-order valence-corrected chi connectivity index (χ0v) is 11.7. The summed E-state index contributed by atoms with van der Waals surface area (Å²) in [6, 6.07) is 2.05. The van der Waals surface area contributed by atoms with E-state index in [0.29, 0.717) is 6.54 Å². The van der Waals surface area contributed by atoms with Gasteiger partial charge in [-0.05, 0) is 35.2 Å². The quantitative estimate of drug-likeness (QED) is 0.890. The molecule has 0 bridgehead atoms. The van der Waals surface area contributed by atoms with Crippen LogP contribution in [-0.2, 0) is 9.53 Å². The highest BCUT2D eigenvalue weighted by Gasteiger charge is 2.22. The molecule has 1 fully saturated rings. The average molecular weight is 267 g/mol. The minimum atomic E-state index is -0.0243. The summed E-state index contributed by atoms with van der Waals surface area (Å²) in [6.07, 6.45) is 5.72. The fourth-order valence-electron chi connectivity index (χ4n) is 2.50. The molecule has 1 saturated carbocycles. The first-order valence-electron chi connectivity index (χ1n) is 6.64. The van der Waals surface area contributed by atoms with Crippen LogP contribution in [0.4, 0.5) is 0 Å². The van der Waals surface area contributed by atoms with Crippen molar-refractivity contribution >= 4 is 17.2 Å². The molecule has 100 valence electrons. The lowest BCUT2D eigenvalue weighted by molar-refractivity contribution is -0.126. The Morgan fingerprint density at radius 3 is 2.89 bits per heavy atom. The van der Waals surface area contributed by atoms with E-state index in [1.54, 1.807) is 18.4 Å². The number of nitrogens with one attached hydrogen (secondary N) is 1. The third-order valence-electron chi connectivity index (χ3n) is 3.64. The van der Waals surface area contributed by atoms with Gasteiger partial charge in [0.1, 0.15) is 6.10 Å². The zero-order chi connectivity index (χ0) is 12.8. The van der Waals surface area contributed by atoms with Crippen molar-refractivity contribution in [1.82, 2.24) is 5.32 Å². The summed E-state index contributed by atoms with van der Waals surface area (Å²) in [4.78, 5) is 12.0. The van der Waals surface area contributed by atoms with Gasteiger partial charge in [0.25, 0.3) is 0 Å². The van der Waals surface area contributed by atoms with E-state index in [4.69, 9.17) is 4.74 Å². The highest BCUT2D eigenvalue weighted by atomic mass is 32.1. The summed E-state index contributed by atoms with van der Waals surface area (Å²) in [5, 5.41) is 7.13. The molecular formula is C14H21NO2S. The molecule has 1 heterocycles. The van der Waals surface area contributed by atoms with Crippen LogP contribution >= 0.6 is 11.3 Å². The number of methoxy groups -OCH3 is 1. The van der Waals surface area contributed by atoms with Gasteiger partial charge in [0, 0.05) is 19.6 Å². The lowest BCUT2D eigenvalue weighted by Crippen LogP contribution is -2.35. The van der Waals surface area contributed by atoms with Crippen molar-refractivity contribution in [3.8, 4) is 0 Å². The van der Waals surface area contributed by atoms with Gasteiger partial charge in [-0.25, -0.2) is 0 Å². The van der Waals surface area contributed by atoms with Crippen LogP contribution in [0.3, 0.4) is 0 Å². The van der Waals surface area contributed by atoms with E-state index in [9.17, 15) is 4.79 Å². The Balaban J connectivity index is 1.80. The molecule has 0 saturated heterocycles. The van der Waals surface area contributed by atoms with E-state index in [2.05, 4.69) is 10.7 Å². The second-order valence-corrected chi connectivity index (χ2v) is 5.64. The van der Waals surface area contributed by atoms with Crippen molar-refractivity contribution < 1.29 is 9.53 Å². The normalized spacial score (nSPS) is 18.5. The van der Waals surface area contributed by atoms with Crippen molar-refractivity contribution in [1.29, 1.82) is 0 Å². The fraction of sp³-hybridized carbons (Fsp3) is 0.643. The maximum atomic E-state index is 12.0. The van der Waals surface area contributed by atoms with Gasteiger partial charge in [0.2, 0.25) is 5.91 Å². The first-order chi connectivity index (χ1) is 8.81. The van der Waals surface area contributed by atoms with Crippen LogP contribution in [0.25, 0.3) is 0 Å². The number of hydrogen-bond donors (Lipinski definition) is 1. The van der Waals surface area contributed by atoms with Crippen molar-refractivity contribution in [3.63, 3.8) is 0 Å². The van der Waals surface area contributed by atoms with E-state index >= 15 is 0 Å². The van der Waals surface area contributed by atoms with Crippen LogP contribution in [0.1, 0.15) is 43.8 Å². The Morgan fingerprint density at radius 2 is 2.28 bits per heavy atom. The van der Waals surface area contributed by atoms with E-state index < -0.39 is 0 Å². The maximum absolute atomic E-state index is 12.0. The number of rotatable bonds is 5. The SMILES string of the molecule is COC(CNC(=O)C1CCCCC1)c1ccsc1. The van der Waals surface area contributed by atoms with Crippen LogP contribution in [-0.4, -0.2) is 19.6 Å². The van der Waals surface area contributed by atoms with Gasteiger partial charge >= 0.3 is 0 Å². The molecule has 1 atom stereocenters. The second-order valence-electron chi connectivity index (χ2n) is 4.86. The molecule has 1 N–H and O–H groups in total. The van der Waals surface area contributed by atoms with Gasteiger partial charge in [0.05, 0.1) is 0 Å². The standard InChI is InChI=1S/C14H21NO2S/c1-17-13(12-7-8-18-10-12)9-15-14(16)11-5-3-2-4-6-11/h7-8,10-11,13H,2-6,9H2,1H3,(H,15,16). The Bertz CT molecular complexity index is 358. The molecule has 1 unspecified atom stereocenters. The highest BCUT2D eigenvalue weighted by Crippen LogP contribution is 2.24. The predicted molar refractivity (Wildman–Crippen MR) is 73.7 cm³/mol. The molecule has 1 aromatic rings. The van der Waals surface area contributed by atoms with Gasteiger partial charge in [-0.15, -0.1) is 0 Å². The minimum Gasteiger partial charge on any atom is -0.375 e. The van der Waals surface area contributed by atoms with Crippen LogP contribution < -0.4 is 5.32 Å². The zero-order valence-electron chi connectivity index (χ0n) is 10.9. The highest BCUT2D eigenvalue weighted by molar-refractivity contribution is 7.07. The third-order valence-corrected chi connectivity index (χ3v) is 4.34. The summed E-state index contributed by atoms with van der Waals surface area (Å²) in [6.45, 7) is 0.572. The van der Waals surface area contributed by atoms with E-state index in [1.165, 1.54) is 19.3 Å². The van der Waals surface area contributed by atoms with Crippen LogP contribution in [0, 0.1) is 5.92 Å². The van der Waals surface area contributed by atoms with Crippen molar-refractivity contribution in [2.75, 3.05) is 13.7 Å². The smallest absolute Gasteiger partial charge is 0.223 e. The lowest BCUT2D eigenvalue weighted by atomic mass is 9.88. The number of thiophene rings is 1. The Morgan fingerprint density at radius 1 is 1.50 bits per heavy atom. The number of amides is 1. The van der Waals surface area contributed by atoms with Gasteiger partial charge < -0.3 is 10.1 Å². The molecule has 0 radical (unpaired) electrons. The molecule has 3 nitrogen and oxygen atoms in total. The summed E-state index contributed by atoms with van der Waals surface area (Å²) < 4.78 is 5.42. The molecule has 0 aromatic carbocycles. The molecule has 1 aliphatic carbocycles. The number of hydrogen-bond acceptors (Lipinski definition) is 3. The van der Waals surface area contributed by atoms with E-state index in [1.807, 2.05) is 11.4 Å². The van der Waals surface area contributed by atoms with Gasteiger partial charge in [-0.2, -0.15) is 11.3 Å². The molecule has 1 amide bonds. The Hall–Kier alpha value is -0.870. The number of carbonyl (C=O) groups is 1. The van der Waals surface area contributed by atoms with Crippen LogP contribution in [0.5, 0.6) is 0 Å². The molecule has 1 aromatic heterocycles. The maximum Gasteiger partial charge on any atom is 0.223 e. The third kappa shape index (κ3) is 3.56. The molecule has 18 heavy (non-hydrogen) atoms. The molecular weight excluding hydrogens is 246 g/mol. The topological polar surface area (TPSA) is 38.3 Å². The van der Waals surface area contributed by atoms with Crippen molar-refractivity contribution in [2.45, 2.75) is 38.2 Å². The molecule has 0 spiro atoms. The average Bonchev–Trinajstić information content (AvgIpc) is 2.94. The second kappa shape index (κ2) is 6.90. The van der Waals surface area contributed by atoms with Crippen LogP contribution in [0.2, 0.25) is 0 Å². The molecule has 2 rings (SSSR count). The summed E-state index contributed by atoms with van der Waals surface area (Å²) >= 11 is 1.65. The summed E-state index contributed by atoms with van der Waals surface area (Å²) in [7, 11) is 1.69. The van der Waals surface area contributed by atoms with Gasteiger partial charge in [0.15, 0.2) is 0 Å². The Kier molecular flexibility index (Phi) is 5.20.